The predicted molar refractivity (Wildman–Crippen MR) is 133 cm³/mol. The molecule has 35 heavy (non-hydrogen) atoms. The van der Waals surface area contributed by atoms with Crippen LogP contribution in [0.5, 0.6) is 0 Å². The Labute approximate surface area is 206 Å². The lowest BCUT2D eigenvalue weighted by Gasteiger charge is -2.33. The number of aliphatic carboxylic acids is 1. The predicted octanol–water partition coefficient (Wildman–Crippen LogP) is 4.70. The second kappa shape index (κ2) is 9.72. The van der Waals surface area contributed by atoms with E-state index in [2.05, 4.69) is 34.9 Å². The van der Waals surface area contributed by atoms with E-state index in [9.17, 15) is 19.5 Å². The fraction of sp³-hybridized carbons (Fsp3) is 0.464. The summed E-state index contributed by atoms with van der Waals surface area (Å²) in [6.07, 6.45) is 1.84. The first-order valence-corrected chi connectivity index (χ1v) is 12.3. The van der Waals surface area contributed by atoms with Crippen LogP contribution >= 0.6 is 0 Å². The minimum absolute atomic E-state index is 0.0370. The maximum Gasteiger partial charge on any atom is 0.407 e. The molecule has 0 aliphatic heterocycles. The number of benzene rings is 2. The Morgan fingerprint density at radius 1 is 1.09 bits per heavy atom. The highest BCUT2D eigenvalue weighted by molar-refractivity contribution is 5.85. The van der Waals surface area contributed by atoms with E-state index in [1.165, 1.54) is 0 Å². The van der Waals surface area contributed by atoms with Gasteiger partial charge in [-0.2, -0.15) is 0 Å². The van der Waals surface area contributed by atoms with E-state index in [-0.39, 0.29) is 25.0 Å². The zero-order chi connectivity index (χ0) is 25.2. The maximum atomic E-state index is 13.1. The summed E-state index contributed by atoms with van der Waals surface area (Å²) in [5, 5.41) is 15.3. The highest BCUT2D eigenvalue weighted by Gasteiger charge is 2.47. The standard InChI is InChI=1S/C28H34N2O5/c1-4-27(2,24(31)30-23-14-9-15-28(23,3)25(32)33)17-29-26(34)35-16-22-20-12-7-5-10-18(20)19-11-6-8-13-21(19)22/h5-8,10-13,22-23H,4,9,14-17H2,1-3H3,(H,29,34)(H,30,31)(H,32,33). The van der Waals surface area contributed by atoms with Gasteiger partial charge >= 0.3 is 12.1 Å². The summed E-state index contributed by atoms with van der Waals surface area (Å²) in [4.78, 5) is 37.5. The van der Waals surface area contributed by atoms with Gasteiger partial charge in [0.1, 0.15) is 6.61 Å². The Morgan fingerprint density at radius 2 is 1.69 bits per heavy atom. The van der Waals surface area contributed by atoms with E-state index >= 15 is 0 Å². The Balaban J connectivity index is 1.35. The van der Waals surface area contributed by atoms with Gasteiger partial charge in [0, 0.05) is 18.5 Å². The summed E-state index contributed by atoms with van der Waals surface area (Å²) in [7, 11) is 0. The van der Waals surface area contributed by atoms with Crippen LogP contribution in [0.1, 0.15) is 63.5 Å². The van der Waals surface area contributed by atoms with E-state index in [1.807, 2.05) is 31.2 Å². The molecular weight excluding hydrogens is 444 g/mol. The smallest absolute Gasteiger partial charge is 0.407 e. The summed E-state index contributed by atoms with van der Waals surface area (Å²) < 4.78 is 5.60. The van der Waals surface area contributed by atoms with Crippen LogP contribution < -0.4 is 10.6 Å². The van der Waals surface area contributed by atoms with Gasteiger partial charge in [0.05, 0.1) is 10.8 Å². The van der Waals surface area contributed by atoms with E-state index in [4.69, 9.17) is 4.74 Å². The molecule has 186 valence electrons. The van der Waals surface area contributed by atoms with Crippen LogP contribution in [0.4, 0.5) is 4.79 Å². The Kier molecular flexibility index (Phi) is 6.88. The van der Waals surface area contributed by atoms with Gasteiger partial charge < -0.3 is 20.5 Å². The summed E-state index contributed by atoms with van der Waals surface area (Å²) >= 11 is 0. The van der Waals surface area contributed by atoms with Crippen molar-refractivity contribution in [2.24, 2.45) is 10.8 Å². The van der Waals surface area contributed by atoms with Gasteiger partial charge in [-0.1, -0.05) is 61.9 Å². The lowest BCUT2D eigenvalue weighted by Crippen LogP contribution is -2.53. The third-order valence-electron chi connectivity index (χ3n) is 8.05. The van der Waals surface area contributed by atoms with Gasteiger partial charge in [-0.25, -0.2) is 4.79 Å². The number of nitrogens with one attached hydrogen (secondary N) is 2. The first-order chi connectivity index (χ1) is 16.7. The minimum atomic E-state index is -0.968. The van der Waals surface area contributed by atoms with Crippen molar-refractivity contribution in [3.8, 4) is 11.1 Å². The molecule has 2 aromatic carbocycles. The molecule has 2 aliphatic carbocycles. The van der Waals surface area contributed by atoms with Crippen LogP contribution in [0.15, 0.2) is 48.5 Å². The van der Waals surface area contributed by atoms with Crippen molar-refractivity contribution in [2.45, 2.75) is 58.4 Å². The molecular formula is C28H34N2O5. The van der Waals surface area contributed by atoms with Crippen LogP contribution in [-0.4, -0.2) is 42.3 Å². The first kappa shape index (κ1) is 24.8. The van der Waals surface area contributed by atoms with Crippen LogP contribution in [0.2, 0.25) is 0 Å². The Morgan fingerprint density at radius 3 is 2.26 bits per heavy atom. The van der Waals surface area contributed by atoms with Crippen molar-refractivity contribution in [1.82, 2.24) is 10.6 Å². The molecule has 0 bridgehead atoms. The van der Waals surface area contributed by atoms with Crippen molar-refractivity contribution in [1.29, 1.82) is 0 Å². The van der Waals surface area contributed by atoms with Gasteiger partial charge in [-0.3, -0.25) is 9.59 Å². The van der Waals surface area contributed by atoms with Crippen molar-refractivity contribution in [2.75, 3.05) is 13.2 Å². The minimum Gasteiger partial charge on any atom is -0.481 e. The number of carboxylic acids is 1. The number of carbonyl (C=O) groups is 3. The molecule has 2 aliphatic rings. The van der Waals surface area contributed by atoms with Gasteiger partial charge in [-0.15, -0.1) is 0 Å². The van der Waals surface area contributed by atoms with E-state index in [1.54, 1.807) is 13.8 Å². The van der Waals surface area contributed by atoms with Crippen molar-refractivity contribution >= 4 is 18.0 Å². The number of hydrogen-bond donors (Lipinski definition) is 3. The fourth-order valence-electron chi connectivity index (χ4n) is 5.27. The first-order valence-electron chi connectivity index (χ1n) is 12.3. The average Bonchev–Trinajstić information content (AvgIpc) is 3.39. The Bertz CT molecular complexity index is 1090. The zero-order valence-electron chi connectivity index (χ0n) is 20.6. The molecule has 0 saturated heterocycles. The molecule has 0 aromatic heterocycles. The topological polar surface area (TPSA) is 105 Å². The molecule has 1 fully saturated rings. The van der Waals surface area contributed by atoms with E-state index in [0.717, 1.165) is 28.7 Å². The van der Waals surface area contributed by atoms with Gasteiger partial charge in [0.25, 0.3) is 0 Å². The van der Waals surface area contributed by atoms with E-state index in [0.29, 0.717) is 19.3 Å². The van der Waals surface area contributed by atoms with Gasteiger partial charge in [0.15, 0.2) is 0 Å². The normalized spacial score (nSPS) is 22.5. The van der Waals surface area contributed by atoms with Crippen molar-refractivity contribution < 1.29 is 24.2 Å². The molecule has 2 amide bonds. The number of fused-ring (bicyclic) bond motifs is 3. The maximum absolute atomic E-state index is 13.1. The van der Waals surface area contributed by atoms with Crippen LogP contribution in [0, 0.1) is 10.8 Å². The lowest BCUT2D eigenvalue weighted by atomic mass is 9.82. The molecule has 3 atom stereocenters. The second-order valence-corrected chi connectivity index (χ2v) is 10.2. The largest absolute Gasteiger partial charge is 0.481 e. The van der Waals surface area contributed by atoms with E-state index < -0.39 is 28.9 Å². The molecule has 4 rings (SSSR count). The summed E-state index contributed by atoms with van der Waals surface area (Å²) in [5.74, 6) is -1.18. The van der Waals surface area contributed by atoms with Crippen LogP contribution in [-0.2, 0) is 14.3 Å². The zero-order valence-corrected chi connectivity index (χ0v) is 20.6. The third kappa shape index (κ3) is 4.64. The molecule has 3 N–H and O–H groups in total. The molecule has 7 heteroatoms. The molecule has 0 radical (unpaired) electrons. The van der Waals surface area contributed by atoms with Crippen LogP contribution in [0.25, 0.3) is 11.1 Å². The SMILES string of the molecule is CCC(C)(CNC(=O)OCC1c2ccccc2-c2ccccc21)C(=O)NC1CCCC1(C)C(=O)O. The number of amides is 2. The molecule has 1 saturated carbocycles. The number of ether oxygens (including phenoxy) is 1. The van der Waals surface area contributed by atoms with Crippen molar-refractivity contribution in [3.63, 3.8) is 0 Å². The number of carbonyl (C=O) groups excluding carboxylic acids is 2. The molecule has 2 aromatic rings. The summed E-state index contributed by atoms with van der Waals surface area (Å²) in [6, 6.07) is 15.9. The number of carboxylic acid groups (broad SMARTS) is 1. The van der Waals surface area contributed by atoms with Gasteiger partial charge in [0.2, 0.25) is 5.91 Å². The van der Waals surface area contributed by atoms with Gasteiger partial charge in [-0.05, 0) is 55.4 Å². The number of hydrogen-bond acceptors (Lipinski definition) is 4. The average molecular weight is 479 g/mol. The molecule has 0 spiro atoms. The molecule has 0 heterocycles. The highest BCUT2D eigenvalue weighted by Crippen LogP contribution is 2.44. The monoisotopic (exact) mass is 478 g/mol. The number of rotatable bonds is 8. The lowest BCUT2D eigenvalue weighted by molar-refractivity contribution is -0.149. The third-order valence-corrected chi connectivity index (χ3v) is 8.05. The quantitative estimate of drug-likeness (QED) is 0.510. The summed E-state index contributed by atoms with van der Waals surface area (Å²) in [6.45, 7) is 5.64. The molecule has 7 nitrogen and oxygen atoms in total. The second-order valence-electron chi connectivity index (χ2n) is 10.2. The Hall–Kier alpha value is -3.35. The highest BCUT2D eigenvalue weighted by atomic mass is 16.5. The number of alkyl carbamates (subject to hydrolysis) is 1. The van der Waals surface area contributed by atoms with Crippen molar-refractivity contribution in [3.05, 3.63) is 59.7 Å². The fourth-order valence-corrected chi connectivity index (χ4v) is 5.27. The van der Waals surface area contributed by atoms with Crippen LogP contribution in [0.3, 0.4) is 0 Å². The summed E-state index contributed by atoms with van der Waals surface area (Å²) in [5.41, 5.74) is 2.74. The molecule has 3 unspecified atom stereocenters.